The molecule has 0 saturated carbocycles. The standard InChI is InChI=1S/C13H18F2N2O2/c1-19-9-6-10(14)13(11(15)7-9)12(8-18)17-4-2-16-3-5-17/h6-7,12,16,18H,2-5,8H2,1H3/t12-/m1/s1. The summed E-state index contributed by atoms with van der Waals surface area (Å²) >= 11 is 0. The van der Waals surface area contributed by atoms with Gasteiger partial charge in [-0.25, -0.2) is 8.78 Å². The van der Waals surface area contributed by atoms with Crippen molar-refractivity contribution in [1.29, 1.82) is 0 Å². The molecule has 0 spiro atoms. The molecule has 1 atom stereocenters. The van der Waals surface area contributed by atoms with Crippen LogP contribution >= 0.6 is 0 Å². The van der Waals surface area contributed by atoms with Crippen LogP contribution in [0.2, 0.25) is 0 Å². The molecule has 0 bridgehead atoms. The van der Waals surface area contributed by atoms with Gasteiger partial charge in [0.1, 0.15) is 17.4 Å². The molecule has 2 N–H and O–H groups in total. The quantitative estimate of drug-likeness (QED) is 0.855. The Labute approximate surface area is 111 Å². The van der Waals surface area contributed by atoms with Crippen molar-refractivity contribution in [3.8, 4) is 5.75 Å². The third kappa shape index (κ3) is 3.02. The first-order chi connectivity index (χ1) is 9.17. The van der Waals surface area contributed by atoms with Crippen LogP contribution < -0.4 is 10.1 Å². The number of aliphatic hydroxyl groups is 1. The van der Waals surface area contributed by atoms with Gasteiger partial charge in [0, 0.05) is 43.9 Å². The molecule has 106 valence electrons. The van der Waals surface area contributed by atoms with Crippen LogP contribution in [0.1, 0.15) is 11.6 Å². The predicted octanol–water partition coefficient (Wildman–Crippen LogP) is 0.912. The molecule has 19 heavy (non-hydrogen) atoms. The van der Waals surface area contributed by atoms with Crippen molar-refractivity contribution in [2.45, 2.75) is 6.04 Å². The van der Waals surface area contributed by atoms with E-state index >= 15 is 0 Å². The van der Waals surface area contributed by atoms with Gasteiger partial charge in [-0.1, -0.05) is 0 Å². The molecule has 1 fully saturated rings. The number of hydrogen-bond acceptors (Lipinski definition) is 4. The van der Waals surface area contributed by atoms with Crippen molar-refractivity contribution in [2.24, 2.45) is 0 Å². The zero-order chi connectivity index (χ0) is 13.8. The van der Waals surface area contributed by atoms with Gasteiger partial charge >= 0.3 is 0 Å². The van der Waals surface area contributed by atoms with Gasteiger partial charge in [-0.05, 0) is 0 Å². The minimum absolute atomic E-state index is 0.0924. The van der Waals surface area contributed by atoms with Gasteiger partial charge in [0.25, 0.3) is 0 Å². The molecule has 1 aromatic carbocycles. The summed E-state index contributed by atoms with van der Waals surface area (Å²) in [6.07, 6.45) is 0. The van der Waals surface area contributed by atoms with Gasteiger partial charge in [-0.2, -0.15) is 0 Å². The molecule has 0 unspecified atom stereocenters. The molecule has 0 radical (unpaired) electrons. The summed E-state index contributed by atoms with van der Waals surface area (Å²) in [5.41, 5.74) is -0.0924. The first-order valence-electron chi connectivity index (χ1n) is 6.26. The lowest BCUT2D eigenvalue weighted by molar-refractivity contribution is 0.105. The molecular formula is C13H18F2N2O2. The molecule has 1 saturated heterocycles. The van der Waals surface area contributed by atoms with Crippen LogP contribution in [-0.2, 0) is 0 Å². The maximum absolute atomic E-state index is 14.0. The van der Waals surface area contributed by atoms with Gasteiger partial charge in [0.15, 0.2) is 0 Å². The fourth-order valence-corrected chi connectivity index (χ4v) is 2.38. The minimum atomic E-state index is -0.686. The lowest BCUT2D eigenvalue weighted by atomic mass is 10.0. The van der Waals surface area contributed by atoms with Crippen LogP contribution in [0, 0.1) is 11.6 Å². The molecule has 1 heterocycles. The van der Waals surface area contributed by atoms with E-state index in [4.69, 9.17) is 4.74 Å². The zero-order valence-corrected chi connectivity index (χ0v) is 10.8. The molecule has 0 aliphatic carbocycles. The second-order valence-corrected chi connectivity index (χ2v) is 4.49. The smallest absolute Gasteiger partial charge is 0.134 e. The summed E-state index contributed by atoms with van der Waals surface area (Å²) in [6.45, 7) is 2.47. The lowest BCUT2D eigenvalue weighted by Crippen LogP contribution is -2.46. The van der Waals surface area contributed by atoms with E-state index < -0.39 is 17.7 Å². The number of hydrogen-bond donors (Lipinski definition) is 2. The SMILES string of the molecule is COc1cc(F)c([C@@H](CO)N2CCNCC2)c(F)c1. The van der Waals surface area contributed by atoms with Crippen LogP contribution in [0.3, 0.4) is 0 Å². The average Bonchev–Trinajstić information content (AvgIpc) is 2.43. The van der Waals surface area contributed by atoms with Crippen LogP contribution in [0.25, 0.3) is 0 Å². The number of halogens is 2. The highest BCUT2D eigenvalue weighted by Gasteiger charge is 2.27. The van der Waals surface area contributed by atoms with Crippen LogP contribution in [0.5, 0.6) is 5.75 Å². The highest BCUT2D eigenvalue weighted by molar-refractivity contribution is 5.32. The van der Waals surface area contributed by atoms with Crippen LogP contribution in [-0.4, -0.2) is 49.9 Å². The number of piperazine rings is 1. The maximum atomic E-state index is 14.0. The van der Waals surface area contributed by atoms with Crippen molar-refractivity contribution in [3.63, 3.8) is 0 Å². The fourth-order valence-electron chi connectivity index (χ4n) is 2.38. The Morgan fingerprint density at radius 3 is 2.37 bits per heavy atom. The number of nitrogens with zero attached hydrogens (tertiary/aromatic N) is 1. The molecule has 1 aliphatic heterocycles. The van der Waals surface area contributed by atoms with Crippen LogP contribution in [0.15, 0.2) is 12.1 Å². The molecule has 1 aromatic rings. The Morgan fingerprint density at radius 1 is 1.32 bits per heavy atom. The first-order valence-corrected chi connectivity index (χ1v) is 6.26. The third-order valence-corrected chi connectivity index (χ3v) is 3.39. The first kappa shape index (κ1) is 14.2. The second kappa shape index (κ2) is 6.27. The second-order valence-electron chi connectivity index (χ2n) is 4.49. The molecule has 0 aromatic heterocycles. The summed E-state index contributed by atoms with van der Waals surface area (Å²) in [6, 6.07) is 1.63. The van der Waals surface area contributed by atoms with Crippen molar-refractivity contribution in [1.82, 2.24) is 10.2 Å². The fraction of sp³-hybridized carbons (Fsp3) is 0.538. The summed E-state index contributed by atoms with van der Waals surface area (Å²) < 4.78 is 32.9. The minimum Gasteiger partial charge on any atom is -0.497 e. The Balaban J connectivity index is 2.31. The van der Waals surface area contributed by atoms with Crippen molar-refractivity contribution in [2.75, 3.05) is 39.9 Å². The van der Waals surface area contributed by atoms with Gasteiger partial charge in [-0.15, -0.1) is 0 Å². The van der Waals surface area contributed by atoms with Crippen molar-refractivity contribution < 1.29 is 18.6 Å². The summed E-state index contributed by atoms with van der Waals surface area (Å²) in [5, 5.41) is 12.6. The normalized spacial score (nSPS) is 18.3. The summed E-state index contributed by atoms with van der Waals surface area (Å²) in [5.74, 6) is -1.24. The number of methoxy groups -OCH3 is 1. The Bertz CT molecular complexity index is 414. The van der Waals surface area contributed by atoms with Crippen molar-refractivity contribution in [3.05, 3.63) is 29.3 Å². The third-order valence-electron chi connectivity index (χ3n) is 3.39. The molecule has 1 aliphatic rings. The van der Waals surface area contributed by atoms with Gasteiger partial charge in [-0.3, -0.25) is 4.90 Å². The monoisotopic (exact) mass is 272 g/mol. The predicted molar refractivity (Wildman–Crippen MR) is 67.2 cm³/mol. The summed E-state index contributed by atoms with van der Waals surface area (Å²) in [4.78, 5) is 1.88. The Kier molecular flexibility index (Phi) is 4.68. The molecular weight excluding hydrogens is 254 g/mol. The number of nitrogens with one attached hydrogen (secondary N) is 1. The Hall–Kier alpha value is -1.24. The van der Waals surface area contributed by atoms with E-state index in [-0.39, 0.29) is 17.9 Å². The van der Waals surface area contributed by atoms with E-state index in [1.54, 1.807) is 0 Å². The number of aliphatic hydroxyl groups excluding tert-OH is 1. The van der Waals surface area contributed by atoms with Crippen molar-refractivity contribution >= 4 is 0 Å². The Morgan fingerprint density at radius 2 is 1.89 bits per heavy atom. The van der Waals surface area contributed by atoms with Gasteiger partial charge < -0.3 is 15.2 Å². The van der Waals surface area contributed by atoms with E-state index in [0.717, 1.165) is 25.2 Å². The highest BCUT2D eigenvalue weighted by Crippen LogP contribution is 2.29. The van der Waals surface area contributed by atoms with Gasteiger partial charge in [0.2, 0.25) is 0 Å². The van der Waals surface area contributed by atoms with E-state index in [1.165, 1.54) is 7.11 Å². The number of rotatable bonds is 4. The lowest BCUT2D eigenvalue weighted by Gasteiger charge is -2.34. The van der Waals surface area contributed by atoms with Gasteiger partial charge in [0.05, 0.1) is 19.8 Å². The molecule has 4 nitrogen and oxygen atoms in total. The zero-order valence-electron chi connectivity index (χ0n) is 10.8. The van der Waals surface area contributed by atoms with E-state index in [0.29, 0.717) is 13.1 Å². The topological polar surface area (TPSA) is 44.7 Å². The maximum Gasteiger partial charge on any atom is 0.134 e. The highest BCUT2D eigenvalue weighted by atomic mass is 19.1. The van der Waals surface area contributed by atoms with Crippen LogP contribution in [0.4, 0.5) is 8.78 Å². The molecule has 6 heteroatoms. The van der Waals surface area contributed by atoms with E-state index in [2.05, 4.69) is 5.32 Å². The largest absolute Gasteiger partial charge is 0.497 e. The van der Waals surface area contributed by atoms with E-state index in [9.17, 15) is 13.9 Å². The van der Waals surface area contributed by atoms with E-state index in [1.807, 2.05) is 4.90 Å². The average molecular weight is 272 g/mol. The molecule has 2 rings (SSSR count). The number of benzene rings is 1. The molecule has 0 amide bonds. The summed E-state index contributed by atoms with van der Waals surface area (Å²) in [7, 11) is 1.35. The number of ether oxygens (including phenoxy) is 1.